The van der Waals surface area contributed by atoms with E-state index < -0.39 is 30.5 Å². The molecule has 6 rings (SSSR count). The summed E-state index contributed by atoms with van der Waals surface area (Å²) in [5.41, 5.74) is 1.98. The van der Waals surface area contributed by atoms with Gasteiger partial charge in [0.2, 0.25) is 5.91 Å². The van der Waals surface area contributed by atoms with Crippen LogP contribution in [-0.2, 0) is 18.8 Å². The highest BCUT2D eigenvalue weighted by atomic mass is 16.7. The summed E-state index contributed by atoms with van der Waals surface area (Å²) >= 11 is 0. The van der Waals surface area contributed by atoms with E-state index in [4.69, 9.17) is 19.0 Å². The molecule has 2 amide bonds. The minimum absolute atomic E-state index is 0.0761. The van der Waals surface area contributed by atoms with Crippen molar-refractivity contribution in [3.8, 4) is 0 Å². The molecule has 4 atom stereocenters. The fourth-order valence-electron chi connectivity index (χ4n) is 6.00. The fraction of sp³-hybridized carbons (Fsp3) is 0.552. The Labute approximate surface area is 229 Å². The standard InChI is InChI=1S/C29H37BN4O5/c1-15(2)23(33-27(36)37-7)26(35)34-21-13-17(21)14-22(34)25-31-20-11-8-16-12-18(9-10-19(16)24(20)32-25)30-38-28(3,4)29(5,6)39-30/h8-12,15,17,21-23H,13-14H2,1-7H3,(H,31,32)(H,33,36)/t17-,21-,22?,23+/m1/s1. The number of aromatic amines is 1. The van der Waals surface area contributed by atoms with Gasteiger partial charge >= 0.3 is 13.2 Å². The number of hydrogen-bond acceptors (Lipinski definition) is 6. The van der Waals surface area contributed by atoms with Gasteiger partial charge in [-0.15, -0.1) is 0 Å². The highest BCUT2D eigenvalue weighted by Crippen LogP contribution is 2.53. The molecule has 2 saturated heterocycles. The molecule has 1 aliphatic carbocycles. The van der Waals surface area contributed by atoms with E-state index in [1.54, 1.807) is 0 Å². The normalized spacial score (nSPS) is 25.8. The number of rotatable bonds is 5. The van der Waals surface area contributed by atoms with E-state index >= 15 is 0 Å². The van der Waals surface area contributed by atoms with Crippen LogP contribution >= 0.6 is 0 Å². The number of benzene rings is 2. The van der Waals surface area contributed by atoms with Crippen molar-refractivity contribution >= 4 is 46.4 Å². The molecule has 10 heteroatoms. The maximum absolute atomic E-state index is 13.7. The average molecular weight is 532 g/mol. The SMILES string of the molecule is COC(=O)N[C@H](C(=O)N1C(c2nc3c(ccc4cc(B5OC(C)(C)C(C)(C)O5)ccc43)[nH]2)C[C@H]2C[C@H]21)C(C)C. The lowest BCUT2D eigenvalue weighted by atomic mass is 9.78. The predicted octanol–water partition coefficient (Wildman–Crippen LogP) is 4.06. The van der Waals surface area contributed by atoms with Gasteiger partial charge in [0.25, 0.3) is 0 Å². The number of imidazole rings is 1. The first-order chi connectivity index (χ1) is 18.4. The van der Waals surface area contributed by atoms with Crippen LogP contribution in [0.15, 0.2) is 30.3 Å². The van der Waals surface area contributed by atoms with Gasteiger partial charge in [-0.1, -0.05) is 38.1 Å². The van der Waals surface area contributed by atoms with Gasteiger partial charge in [-0.25, -0.2) is 9.78 Å². The second kappa shape index (κ2) is 8.96. The molecule has 0 bridgehead atoms. The van der Waals surface area contributed by atoms with Crippen LogP contribution in [0.5, 0.6) is 0 Å². The molecule has 1 aromatic heterocycles. The van der Waals surface area contributed by atoms with E-state index in [1.807, 2.05) is 30.9 Å². The Bertz CT molecular complexity index is 1450. The van der Waals surface area contributed by atoms with Crippen LogP contribution in [0.2, 0.25) is 0 Å². The number of carbonyl (C=O) groups excluding carboxylic acids is 2. The Hall–Kier alpha value is -3.11. The second-order valence-electron chi connectivity index (χ2n) is 12.6. The number of amides is 2. The number of likely N-dealkylation sites (tertiary alicyclic amines) is 1. The largest absolute Gasteiger partial charge is 0.494 e. The minimum atomic E-state index is -0.655. The lowest BCUT2D eigenvalue weighted by Gasteiger charge is -2.32. The summed E-state index contributed by atoms with van der Waals surface area (Å²) in [7, 11) is 0.881. The van der Waals surface area contributed by atoms with E-state index in [-0.39, 0.29) is 23.9 Å². The van der Waals surface area contributed by atoms with Crippen molar-refractivity contribution in [2.24, 2.45) is 11.8 Å². The van der Waals surface area contributed by atoms with Crippen LogP contribution < -0.4 is 10.8 Å². The smallest absolute Gasteiger partial charge is 0.453 e. The van der Waals surface area contributed by atoms with Crippen LogP contribution in [0.3, 0.4) is 0 Å². The summed E-state index contributed by atoms with van der Waals surface area (Å²) in [4.78, 5) is 36.2. The number of H-pyrrole nitrogens is 1. The second-order valence-corrected chi connectivity index (χ2v) is 12.6. The van der Waals surface area contributed by atoms with Gasteiger partial charge in [-0.05, 0) is 69.3 Å². The molecule has 1 unspecified atom stereocenters. The van der Waals surface area contributed by atoms with Crippen LogP contribution in [-0.4, -0.2) is 64.4 Å². The molecule has 9 nitrogen and oxygen atoms in total. The first-order valence-corrected chi connectivity index (χ1v) is 13.8. The third kappa shape index (κ3) is 4.28. The first kappa shape index (κ1) is 26.1. The van der Waals surface area contributed by atoms with E-state index in [1.165, 1.54) is 7.11 Å². The van der Waals surface area contributed by atoms with Gasteiger partial charge in [0.15, 0.2) is 0 Å². The van der Waals surface area contributed by atoms with Crippen molar-refractivity contribution in [3.63, 3.8) is 0 Å². The third-order valence-corrected chi connectivity index (χ3v) is 9.10. The summed E-state index contributed by atoms with van der Waals surface area (Å²) in [6, 6.07) is 9.73. The molecule has 39 heavy (non-hydrogen) atoms. The summed E-state index contributed by atoms with van der Waals surface area (Å²) < 4.78 is 17.3. The first-order valence-electron chi connectivity index (χ1n) is 13.8. The zero-order valence-electron chi connectivity index (χ0n) is 23.7. The van der Waals surface area contributed by atoms with Crippen molar-refractivity contribution < 1.29 is 23.6 Å². The van der Waals surface area contributed by atoms with E-state index in [9.17, 15) is 9.59 Å². The summed E-state index contributed by atoms with van der Waals surface area (Å²) in [5, 5.41) is 4.82. The molecule has 2 aromatic carbocycles. The van der Waals surface area contributed by atoms with Crippen LogP contribution in [0.1, 0.15) is 66.3 Å². The molecule has 3 aromatic rings. The van der Waals surface area contributed by atoms with Crippen molar-refractivity contribution in [1.29, 1.82) is 0 Å². The van der Waals surface area contributed by atoms with Crippen molar-refractivity contribution in [2.45, 2.75) is 83.7 Å². The molecular weight excluding hydrogens is 495 g/mol. The quantitative estimate of drug-likeness (QED) is 0.481. The number of nitrogens with one attached hydrogen (secondary N) is 2. The van der Waals surface area contributed by atoms with Crippen LogP contribution in [0, 0.1) is 11.8 Å². The lowest BCUT2D eigenvalue weighted by Crippen LogP contribution is -2.52. The number of methoxy groups -OCH3 is 1. The number of aromatic nitrogens is 2. The fourth-order valence-corrected chi connectivity index (χ4v) is 6.00. The highest BCUT2D eigenvalue weighted by molar-refractivity contribution is 6.62. The van der Waals surface area contributed by atoms with E-state index in [0.29, 0.717) is 5.92 Å². The number of hydrogen-bond donors (Lipinski definition) is 2. The van der Waals surface area contributed by atoms with Gasteiger partial charge in [0.1, 0.15) is 11.9 Å². The molecule has 206 valence electrons. The molecule has 0 spiro atoms. The Kier molecular flexibility index (Phi) is 6.00. The Morgan fingerprint density at radius 2 is 1.85 bits per heavy atom. The molecule has 3 aliphatic rings. The Balaban J connectivity index is 1.31. The van der Waals surface area contributed by atoms with Crippen molar-refractivity contribution in [3.05, 3.63) is 36.2 Å². The van der Waals surface area contributed by atoms with Gasteiger partial charge in [-0.3, -0.25) is 4.79 Å². The molecule has 3 heterocycles. The lowest BCUT2D eigenvalue weighted by molar-refractivity contribution is -0.136. The average Bonchev–Trinajstić information content (AvgIpc) is 3.24. The van der Waals surface area contributed by atoms with Gasteiger partial charge < -0.3 is 29.2 Å². The Morgan fingerprint density at radius 1 is 1.13 bits per heavy atom. The zero-order chi connectivity index (χ0) is 27.9. The van der Waals surface area contributed by atoms with Gasteiger partial charge in [-0.2, -0.15) is 0 Å². The predicted molar refractivity (Wildman–Crippen MR) is 150 cm³/mol. The zero-order valence-corrected chi connectivity index (χ0v) is 23.7. The van der Waals surface area contributed by atoms with Crippen LogP contribution in [0.4, 0.5) is 4.79 Å². The highest BCUT2D eigenvalue weighted by Gasteiger charge is 2.56. The number of nitrogens with zero attached hydrogens (tertiary/aromatic N) is 2. The van der Waals surface area contributed by atoms with Crippen molar-refractivity contribution in [2.75, 3.05) is 7.11 Å². The van der Waals surface area contributed by atoms with Gasteiger partial charge in [0.05, 0.1) is 35.4 Å². The maximum Gasteiger partial charge on any atom is 0.494 e. The van der Waals surface area contributed by atoms with Crippen molar-refractivity contribution in [1.82, 2.24) is 20.2 Å². The number of ether oxygens (including phenoxy) is 1. The van der Waals surface area contributed by atoms with E-state index in [2.05, 4.69) is 56.2 Å². The summed E-state index contributed by atoms with van der Waals surface area (Å²) in [6.07, 6.45) is 1.26. The number of carbonyl (C=O) groups is 2. The maximum atomic E-state index is 13.7. The number of fused-ring (bicyclic) bond motifs is 4. The molecule has 3 fully saturated rings. The van der Waals surface area contributed by atoms with E-state index in [0.717, 1.165) is 45.9 Å². The topological polar surface area (TPSA) is 106 Å². The molecule has 2 aliphatic heterocycles. The molecule has 2 N–H and O–H groups in total. The van der Waals surface area contributed by atoms with Gasteiger partial charge in [0, 0.05) is 11.4 Å². The summed E-state index contributed by atoms with van der Waals surface area (Å²) in [5.74, 6) is 1.10. The van der Waals surface area contributed by atoms with Crippen LogP contribution in [0.25, 0.3) is 21.8 Å². The molecule has 0 radical (unpaired) electrons. The number of alkyl carbamates (subject to hydrolysis) is 1. The molecule has 1 saturated carbocycles. The third-order valence-electron chi connectivity index (χ3n) is 9.10. The monoisotopic (exact) mass is 532 g/mol. The Morgan fingerprint density at radius 3 is 2.51 bits per heavy atom. The molecular formula is C29H37BN4O5. The minimum Gasteiger partial charge on any atom is -0.453 e. The number of piperidine rings is 1. The summed E-state index contributed by atoms with van der Waals surface area (Å²) in [6.45, 7) is 12.1.